The molecule has 1 aromatic heterocycles. The Morgan fingerprint density at radius 3 is 2.55 bits per heavy atom. The highest BCUT2D eigenvalue weighted by atomic mass is 16.3. The first kappa shape index (κ1) is 18.3. The molecule has 150 valence electrons. The number of carbonyl (C=O) groups excluding carboxylic acids is 2. The molecule has 3 heterocycles. The molecule has 0 bridgehead atoms. The summed E-state index contributed by atoms with van der Waals surface area (Å²) in [5.74, 6) is 0.225. The lowest BCUT2D eigenvalue weighted by molar-refractivity contribution is -0.169. The second kappa shape index (κ2) is 7.26. The SMILES string of the molecule is O=C(C1CCC1)N1CC(=O)N2[C@H](CO)[C@@H](c3ccc(-c4cccnc4)cc3)[C@@H]2C1. The lowest BCUT2D eigenvalue weighted by atomic mass is 9.73. The van der Waals surface area contributed by atoms with E-state index in [9.17, 15) is 14.7 Å². The van der Waals surface area contributed by atoms with Crippen molar-refractivity contribution in [1.29, 1.82) is 0 Å². The normalized spacial score (nSPS) is 26.5. The van der Waals surface area contributed by atoms with Crippen LogP contribution in [0.25, 0.3) is 11.1 Å². The minimum absolute atomic E-state index is 0.0452. The van der Waals surface area contributed by atoms with Gasteiger partial charge in [-0.3, -0.25) is 14.6 Å². The second-order valence-electron chi connectivity index (χ2n) is 8.35. The Labute approximate surface area is 170 Å². The van der Waals surface area contributed by atoms with E-state index >= 15 is 0 Å². The molecule has 2 amide bonds. The van der Waals surface area contributed by atoms with Crippen molar-refractivity contribution in [1.82, 2.24) is 14.8 Å². The van der Waals surface area contributed by atoms with Gasteiger partial charge >= 0.3 is 0 Å². The number of aromatic nitrogens is 1. The van der Waals surface area contributed by atoms with Gasteiger partial charge in [-0.15, -0.1) is 0 Å². The Kier molecular flexibility index (Phi) is 4.59. The molecule has 0 radical (unpaired) electrons. The van der Waals surface area contributed by atoms with E-state index in [4.69, 9.17) is 0 Å². The fraction of sp³-hybridized carbons (Fsp3) is 0.435. The van der Waals surface area contributed by atoms with Crippen LogP contribution in [0.1, 0.15) is 30.7 Å². The number of amides is 2. The average Bonchev–Trinajstić information content (AvgIpc) is 2.69. The van der Waals surface area contributed by atoms with Crippen LogP contribution in [0.2, 0.25) is 0 Å². The molecule has 2 saturated heterocycles. The Morgan fingerprint density at radius 2 is 1.93 bits per heavy atom. The quantitative estimate of drug-likeness (QED) is 0.866. The van der Waals surface area contributed by atoms with Gasteiger partial charge in [-0.1, -0.05) is 36.8 Å². The molecule has 29 heavy (non-hydrogen) atoms. The van der Waals surface area contributed by atoms with E-state index in [0.717, 1.165) is 36.0 Å². The van der Waals surface area contributed by atoms with Crippen LogP contribution < -0.4 is 0 Å². The average molecular weight is 391 g/mol. The van der Waals surface area contributed by atoms with E-state index in [2.05, 4.69) is 29.2 Å². The maximum atomic E-state index is 12.7. The number of aliphatic hydroxyl groups is 1. The van der Waals surface area contributed by atoms with Crippen LogP contribution >= 0.6 is 0 Å². The maximum absolute atomic E-state index is 12.7. The third-order valence-corrected chi connectivity index (χ3v) is 6.81. The van der Waals surface area contributed by atoms with Gasteiger partial charge in [0.05, 0.1) is 25.2 Å². The molecular weight excluding hydrogens is 366 g/mol. The van der Waals surface area contributed by atoms with Gasteiger partial charge in [0.2, 0.25) is 11.8 Å². The predicted octanol–water partition coefficient (Wildman–Crippen LogP) is 2.05. The lowest BCUT2D eigenvalue weighted by Gasteiger charge is -2.59. The Bertz CT molecular complexity index is 911. The van der Waals surface area contributed by atoms with Gasteiger partial charge in [0.1, 0.15) is 0 Å². The molecule has 0 unspecified atom stereocenters. The number of carbonyl (C=O) groups is 2. The highest BCUT2D eigenvalue weighted by Gasteiger charge is 2.54. The molecule has 1 aliphatic carbocycles. The van der Waals surface area contributed by atoms with Crippen molar-refractivity contribution in [2.75, 3.05) is 19.7 Å². The van der Waals surface area contributed by atoms with Crippen molar-refractivity contribution in [2.45, 2.75) is 37.3 Å². The fourth-order valence-electron chi connectivity index (χ4n) is 5.01. The molecule has 1 N–H and O–H groups in total. The summed E-state index contributed by atoms with van der Waals surface area (Å²) in [5, 5.41) is 9.93. The van der Waals surface area contributed by atoms with Gasteiger partial charge in [0.25, 0.3) is 0 Å². The number of pyridine rings is 1. The smallest absolute Gasteiger partial charge is 0.242 e. The number of fused-ring (bicyclic) bond motifs is 1. The summed E-state index contributed by atoms with van der Waals surface area (Å²) in [5.41, 5.74) is 3.24. The van der Waals surface area contributed by atoms with Crippen LogP contribution in [0.3, 0.4) is 0 Å². The third kappa shape index (κ3) is 3.02. The first-order chi connectivity index (χ1) is 14.2. The summed E-state index contributed by atoms with van der Waals surface area (Å²) in [7, 11) is 0. The highest BCUT2D eigenvalue weighted by molar-refractivity contribution is 5.89. The zero-order valence-corrected chi connectivity index (χ0v) is 16.3. The highest BCUT2D eigenvalue weighted by Crippen LogP contribution is 2.43. The molecule has 1 saturated carbocycles. The molecule has 6 nitrogen and oxygen atoms in total. The maximum Gasteiger partial charge on any atom is 0.242 e. The van der Waals surface area contributed by atoms with Crippen molar-refractivity contribution in [2.24, 2.45) is 5.92 Å². The topological polar surface area (TPSA) is 73.7 Å². The van der Waals surface area contributed by atoms with Gasteiger partial charge in [-0.2, -0.15) is 0 Å². The minimum Gasteiger partial charge on any atom is -0.394 e. The zero-order valence-electron chi connectivity index (χ0n) is 16.3. The first-order valence-electron chi connectivity index (χ1n) is 10.4. The minimum atomic E-state index is -0.210. The fourth-order valence-corrected chi connectivity index (χ4v) is 5.01. The number of aliphatic hydroxyl groups excluding tert-OH is 1. The Balaban J connectivity index is 1.37. The number of hydrogen-bond donors (Lipinski definition) is 1. The molecular formula is C23H25N3O3. The molecule has 3 fully saturated rings. The standard InChI is InChI=1S/C23H25N3O3/c27-14-20-22(16-8-6-15(7-9-16)18-5-2-10-24-11-18)19-12-25(13-21(28)26(19)20)23(29)17-3-1-4-17/h2,5-11,17,19-20,22,27H,1,3-4,12-14H2/t19-,20+,22-/m0/s1. The molecule has 2 aromatic rings. The van der Waals surface area contributed by atoms with E-state index in [-0.39, 0.29) is 48.9 Å². The van der Waals surface area contributed by atoms with Crippen LogP contribution in [-0.2, 0) is 9.59 Å². The molecule has 3 aliphatic rings. The molecule has 0 spiro atoms. The van der Waals surface area contributed by atoms with Crippen LogP contribution in [0, 0.1) is 5.92 Å². The summed E-state index contributed by atoms with van der Waals surface area (Å²) < 4.78 is 0. The van der Waals surface area contributed by atoms with Gasteiger partial charge in [-0.25, -0.2) is 0 Å². The number of hydrogen-bond acceptors (Lipinski definition) is 4. The summed E-state index contributed by atoms with van der Waals surface area (Å²) in [6, 6.07) is 11.9. The van der Waals surface area contributed by atoms with E-state index in [1.165, 1.54) is 0 Å². The van der Waals surface area contributed by atoms with Crippen molar-refractivity contribution in [3.8, 4) is 11.1 Å². The number of benzene rings is 1. The van der Waals surface area contributed by atoms with E-state index < -0.39 is 0 Å². The molecule has 3 atom stereocenters. The van der Waals surface area contributed by atoms with E-state index in [1.54, 1.807) is 16.0 Å². The van der Waals surface area contributed by atoms with Crippen molar-refractivity contribution in [3.63, 3.8) is 0 Å². The Hall–Kier alpha value is -2.73. The summed E-state index contributed by atoms with van der Waals surface area (Å²) in [6.07, 6.45) is 6.57. The van der Waals surface area contributed by atoms with Crippen molar-refractivity contribution in [3.05, 3.63) is 54.4 Å². The summed E-state index contributed by atoms with van der Waals surface area (Å²) in [6.45, 7) is 0.648. The third-order valence-electron chi connectivity index (χ3n) is 6.81. The van der Waals surface area contributed by atoms with Crippen LogP contribution in [0.15, 0.2) is 48.8 Å². The second-order valence-corrected chi connectivity index (χ2v) is 8.35. The van der Waals surface area contributed by atoms with E-state index in [0.29, 0.717) is 6.54 Å². The summed E-state index contributed by atoms with van der Waals surface area (Å²) >= 11 is 0. The number of piperazine rings is 1. The van der Waals surface area contributed by atoms with Crippen LogP contribution in [-0.4, -0.2) is 63.5 Å². The van der Waals surface area contributed by atoms with E-state index in [1.807, 2.05) is 18.3 Å². The molecule has 2 aliphatic heterocycles. The zero-order chi connectivity index (χ0) is 20.0. The van der Waals surface area contributed by atoms with Gasteiger partial charge < -0.3 is 14.9 Å². The Morgan fingerprint density at radius 1 is 1.14 bits per heavy atom. The number of rotatable bonds is 4. The van der Waals surface area contributed by atoms with Crippen LogP contribution in [0.5, 0.6) is 0 Å². The largest absolute Gasteiger partial charge is 0.394 e. The van der Waals surface area contributed by atoms with Gasteiger partial charge in [0, 0.05) is 30.8 Å². The molecule has 5 rings (SSSR count). The molecule has 1 aromatic carbocycles. The summed E-state index contributed by atoms with van der Waals surface area (Å²) in [4.78, 5) is 33.1. The molecule has 6 heteroatoms. The van der Waals surface area contributed by atoms with Gasteiger partial charge in [-0.05, 0) is 35.6 Å². The monoisotopic (exact) mass is 391 g/mol. The lowest BCUT2D eigenvalue weighted by Crippen LogP contribution is -2.73. The van der Waals surface area contributed by atoms with Crippen molar-refractivity contribution >= 4 is 11.8 Å². The van der Waals surface area contributed by atoms with Crippen molar-refractivity contribution < 1.29 is 14.7 Å². The predicted molar refractivity (Wildman–Crippen MR) is 108 cm³/mol. The van der Waals surface area contributed by atoms with Crippen LogP contribution in [0.4, 0.5) is 0 Å². The number of nitrogens with zero attached hydrogens (tertiary/aromatic N) is 3. The first-order valence-corrected chi connectivity index (χ1v) is 10.4. The van der Waals surface area contributed by atoms with Gasteiger partial charge in [0.15, 0.2) is 0 Å².